The van der Waals surface area contributed by atoms with E-state index in [1.807, 2.05) is 0 Å². The maximum absolute atomic E-state index is 13.5. The molecule has 0 spiro atoms. The quantitative estimate of drug-likeness (QED) is 0.837. The average molecular weight is 265 g/mol. The molecule has 0 amide bonds. The van der Waals surface area contributed by atoms with E-state index in [1.165, 1.54) is 12.1 Å². The van der Waals surface area contributed by atoms with Gasteiger partial charge in [0.2, 0.25) is 0 Å². The van der Waals surface area contributed by atoms with Crippen LogP contribution in [0.25, 0.3) is 0 Å². The minimum absolute atomic E-state index is 0.0228. The summed E-state index contributed by atoms with van der Waals surface area (Å²) in [5.74, 6) is -0.788. The lowest BCUT2D eigenvalue weighted by atomic mass is 10.3. The highest BCUT2D eigenvalue weighted by Gasteiger charge is 2.10. The van der Waals surface area contributed by atoms with Gasteiger partial charge in [-0.2, -0.15) is 10.5 Å². The number of allylic oxidation sites excluding steroid dienone is 1. The number of sulfone groups is 1. The number of anilines is 1. The van der Waals surface area contributed by atoms with Crippen LogP contribution in [-0.2, 0) is 9.84 Å². The standard InChI is InChI=1S/C11H8FN3O2S/c1-18(16,17)9-2-3-11(10(12)4-9)15-7-8(5-13)6-14/h2-4,7,15H,1H3. The van der Waals surface area contributed by atoms with Gasteiger partial charge in [-0.3, -0.25) is 0 Å². The highest BCUT2D eigenvalue weighted by atomic mass is 32.2. The largest absolute Gasteiger partial charge is 0.357 e. The number of hydrogen-bond acceptors (Lipinski definition) is 5. The summed E-state index contributed by atoms with van der Waals surface area (Å²) in [4.78, 5) is -0.143. The monoisotopic (exact) mass is 265 g/mol. The molecule has 0 aliphatic rings. The molecule has 1 aromatic carbocycles. The van der Waals surface area contributed by atoms with Crippen molar-refractivity contribution in [1.29, 1.82) is 10.5 Å². The van der Waals surface area contributed by atoms with Crippen molar-refractivity contribution in [2.45, 2.75) is 4.90 Å². The van der Waals surface area contributed by atoms with Crippen molar-refractivity contribution in [3.63, 3.8) is 0 Å². The van der Waals surface area contributed by atoms with E-state index in [-0.39, 0.29) is 16.2 Å². The summed E-state index contributed by atoms with van der Waals surface area (Å²) in [5.41, 5.74) is -0.244. The summed E-state index contributed by atoms with van der Waals surface area (Å²) in [5, 5.41) is 19.4. The molecule has 0 aromatic heterocycles. The van der Waals surface area contributed by atoms with Gasteiger partial charge in [-0.1, -0.05) is 0 Å². The van der Waals surface area contributed by atoms with Crippen molar-refractivity contribution < 1.29 is 12.8 Å². The van der Waals surface area contributed by atoms with E-state index in [4.69, 9.17) is 10.5 Å². The SMILES string of the molecule is CS(=O)(=O)c1ccc(NC=C(C#N)C#N)c(F)c1. The van der Waals surface area contributed by atoms with Crippen LogP contribution < -0.4 is 5.32 Å². The zero-order chi connectivity index (χ0) is 13.8. The van der Waals surface area contributed by atoms with Crippen LogP contribution >= 0.6 is 0 Å². The highest BCUT2D eigenvalue weighted by Crippen LogP contribution is 2.19. The summed E-state index contributed by atoms with van der Waals surface area (Å²) in [6, 6.07) is 6.50. The van der Waals surface area contributed by atoms with Gasteiger partial charge >= 0.3 is 0 Å². The Morgan fingerprint density at radius 1 is 1.39 bits per heavy atom. The number of halogens is 1. The molecule has 7 heteroatoms. The van der Waals surface area contributed by atoms with Crippen molar-refractivity contribution in [1.82, 2.24) is 0 Å². The van der Waals surface area contributed by atoms with Gasteiger partial charge in [0, 0.05) is 12.5 Å². The van der Waals surface area contributed by atoms with Crippen molar-refractivity contribution in [2.75, 3.05) is 11.6 Å². The van der Waals surface area contributed by atoms with Crippen LogP contribution in [0.15, 0.2) is 34.9 Å². The molecule has 0 fully saturated rings. The fraction of sp³-hybridized carbons (Fsp3) is 0.0909. The van der Waals surface area contributed by atoms with Crippen LogP contribution in [0.4, 0.5) is 10.1 Å². The minimum atomic E-state index is -3.47. The summed E-state index contributed by atoms with van der Waals surface area (Å²) in [6.07, 6.45) is 2.01. The maximum atomic E-state index is 13.5. The van der Waals surface area contributed by atoms with Crippen LogP contribution in [0.2, 0.25) is 0 Å². The third-order valence-corrected chi connectivity index (χ3v) is 3.09. The van der Waals surface area contributed by atoms with Gasteiger partial charge in [0.1, 0.15) is 23.5 Å². The molecule has 0 saturated carbocycles. The Balaban J connectivity index is 3.06. The predicted octanol–water partition coefficient (Wildman–Crippen LogP) is 1.57. The smallest absolute Gasteiger partial charge is 0.175 e. The molecule has 1 N–H and O–H groups in total. The number of hydrogen-bond donors (Lipinski definition) is 1. The van der Waals surface area contributed by atoms with Crippen LogP contribution in [0, 0.1) is 28.5 Å². The first-order chi connectivity index (χ1) is 8.38. The summed E-state index contributed by atoms with van der Waals surface area (Å²) in [7, 11) is -3.47. The van der Waals surface area contributed by atoms with Gasteiger partial charge in [-0.25, -0.2) is 12.8 Å². The average Bonchev–Trinajstić information content (AvgIpc) is 2.30. The second-order valence-electron chi connectivity index (χ2n) is 3.34. The summed E-state index contributed by atoms with van der Waals surface area (Å²) < 4.78 is 35.9. The zero-order valence-electron chi connectivity index (χ0n) is 9.31. The van der Waals surface area contributed by atoms with Gasteiger partial charge < -0.3 is 5.32 Å². The molecule has 0 atom stereocenters. The topological polar surface area (TPSA) is 93.8 Å². The molecule has 0 saturated heterocycles. The molecule has 0 unspecified atom stereocenters. The number of rotatable bonds is 3. The molecule has 0 heterocycles. The van der Waals surface area contributed by atoms with E-state index in [1.54, 1.807) is 12.1 Å². The molecule has 92 valence electrons. The lowest BCUT2D eigenvalue weighted by Gasteiger charge is -2.04. The molecule has 18 heavy (non-hydrogen) atoms. The third-order valence-electron chi connectivity index (χ3n) is 1.98. The molecule has 5 nitrogen and oxygen atoms in total. The molecule has 0 aliphatic heterocycles. The summed E-state index contributed by atoms with van der Waals surface area (Å²) >= 11 is 0. The van der Waals surface area contributed by atoms with E-state index in [9.17, 15) is 12.8 Å². The molecule has 1 aromatic rings. The lowest BCUT2D eigenvalue weighted by Crippen LogP contribution is -2.00. The number of nitrogens with one attached hydrogen (secondary N) is 1. The first-order valence-corrected chi connectivity index (χ1v) is 6.54. The second kappa shape index (κ2) is 5.30. The van der Waals surface area contributed by atoms with E-state index < -0.39 is 15.7 Å². The van der Waals surface area contributed by atoms with E-state index in [2.05, 4.69) is 5.32 Å². The fourth-order valence-electron chi connectivity index (χ4n) is 1.08. The third kappa shape index (κ3) is 3.30. The Labute approximate surface area is 104 Å². The van der Waals surface area contributed by atoms with Crippen LogP contribution in [0.5, 0.6) is 0 Å². The van der Waals surface area contributed by atoms with E-state index >= 15 is 0 Å². The van der Waals surface area contributed by atoms with Crippen LogP contribution in [-0.4, -0.2) is 14.7 Å². The number of nitriles is 2. The van der Waals surface area contributed by atoms with E-state index in [0.29, 0.717) is 0 Å². The first-order valence-electron chi connectivity index (χ1n) is 4.65. The summed E-state index contributed by atoms with van der Waals surface area (Å²) in [6.45, 7) is 0. The molecule has 1 rings (SSSR count). The van der Waals surface area contributed by atoms with Gasteiger partial charge in [-0.15, -0.1) is 0 Å². The zero-order valence-corrected chi connectivity index (χ0v) is 10.1. The van der Waals surface area contributed by atoms with Crippen molar-refractivity contribution >= 4 is 15.5 Å². The number of nitrogens with zero attached hydrogens (tertiary/aromatic N) is 2. The Bertz CT molecular complexity index is 665. The van der Waals surface area contributed by atoms with Gasteiger partial charge in [-0.05, 0) is 18.2 Å². The Morgan fingerprint density at radius 2 is 2.00 bits per heavy atom. The Hall–Kier alpha value is -2.38. The Morgan fingerprint density at radius 3 is 2.44 bits per heavy atom. The first kappa shape index (κ1) is 13.7. The molecule has 0 radical (unpaired) electrons. The predicted molar refractivity (Wildman–Crippen MR) is 62.4 cm³/mol. The lowest BCUT2D eigenvalue weighted by molar-refractivity contribution is 0.596. The molecular formula is C11H8FN3O2S. The van der Waals surface area contributed by atoms with Crippen LogP contribution in [0.3, 0.4) is 0 Å². The van der Waals surface area contributed by atoms with Gasteiger partial charge in [0.15, 0.2) is 9.84 Å². The Kier molecular flexibility index (Phi) is 4.03. The maximum Gasteiger partial charge on any atom is 0.175 e. The fourth-order valence-corrected chi connectivity index (χ4v) is 1.72. The molecule has 0 bridgehead atoms. The van der Waals surface area contributed by atoms with Crippen LogP contribution in [0.1, 0.15) is 0 Å². The van der Waals surface area contributed by atoms with E-state index in [0.717, 1.165) is 18.5 Å². The van der Waals surface area contributed by atoms with Gasteiger partial charge in [0.25, 0.3) is 0 Å². The number of benzene rings is 1. The minimum Gasteiger partial charge on any atom is -0.357 e. The van der Waals surface area contributed by atoms with Gasteiger partial charge in [0.05, 0.1) is 10.6 Å². The normalized spacial score (nSPS) is 10.0. The highest BCUT2D eigenvalue weighted by molar-refractivity contribution is 7.90. The van der Waals surface area contributed by atoms with Crippen molar-refractivity contribution in [3.05, 3.63) is 35.8 Å². The van der Waals surface area contributed by atoms with Crippen molar-refractivity contribution in [3.8, 4) is 12.1 Å². The molecular weight excluding hydrogens is 257 g/mol. The molecule has 0 aliphatic carbocycles. The van der Waals surface area contributed by atoms with Crippen molar-refractivity contribution in [2.24, 2.45) is 0 Å². The second-order valence-corrected chi connectivity index (χ2v) is 5.36.